The van der Waals surface area contributed by atoms with E-state index in [1.165, 1.54) is 12.1 Å². The average molecular weight is 320 g/mol. The summed E-state index contributed by atoms with van der Waals surface area (Å²) >= 11 is 0. The average Bonchev–Trinajstić information content (AvgIpc) is 2.41. The number of alkyl halides is 3. The predicted octanol–water partition coefficient (Wildman–Crippen LogP) is 2.81. The molecule has 0 bridgehead atoms. The molecular weight excluding hydrogens is 305 g/mol. The predicted molar refractivity (Wildman–Crippen MR) is 71.6 cm³/mol. The number of aldehydes is 1. The van der Waals surface area contributed by atoms with Crippen LogP contribution in [-0.4, -0.2) is 26.2 Å². The molecule has 0 N–H and O–H groups in total. The highest BCUT2D eigenvalue weighted by molar-refractivity contribution is 7.91. The molecule has 0 amide bonds. The molecule has 0 spiro atoms. The topological polar surface area (TPSA) is 51.2 Å². The van der Waals surface area contributed by atoms with E-state index in [1.807, 2.05) is 0 Å². The van der Waals surface area contributed by atoms with Gasteiger partial charge in [-0.3, -0.25) is 0 Å². The molecule has 3 nitrogen and oxygen atoms in total. The van der Waals surface area contributed by atoms with Crippen LogP contribution in [0.1, 0.15) is 29.9 Å². The van der Waals surface area contributed by atoms with E-state index in [4.69, 9.17) is 0 Å². The molecule has 0 radical (unpaired) electrons. The smallest absolute Gasteiger partial charge is 0.303 e. The Morgan fingerprint density at radius 3 is 2.33 bits per heavy atom. The molecule has 0 aliphatic carbocycles. The highest BCUT2D eigenvalue weighted by Gasteiger charge is 2.33. The van der Waals surface area contributed by atoms with Crippen LogP contribution in [0.15, 0.2) is 24.3 Å². The Balaban J connectivity index is 2.24. The molecule has 1 aromatic rings. The van der Waals surface area contributed by atoms with Gasteiger partial charge in [0, 0.05) is 5.92 Å². The first-order valence-corrected chi connectivity index (χ1v) is 8.38. The summed E-state index contributed by atoms with van der Waals surface area (Å²) in [6.45, 7) is 0. The van der Waals surface area contributed by atoms with Gasteiger partial charge in [-0.2, -0.15) is 13.2 Å². The lowest BCUT2D eigenvalue weighted by atomic mass is 9.83. The van der Waals surface area contributed by atoms with Crippen molar-refractivity contribution in [2.45, 2.75) is 24.9 Å². The summed E-state index contributed by atoms with van der Waals surface area (Å²) < 4.78 is 60.9. The molecule has 2 rings (SSSR count). The molecule has 0 saturated carbocycles. The third-order valence-corrected chi connectivity index (χ3v) is 5.57. The second-order valence-corrected chi connectivity index (χ2v) is 7.58. The van der Waals surface area contributed by atoms with Crippen LogP contribution < -0.4 is 0 Å². The van der Waals surface area contributed by atoms with E-state index in [0.29, 0.717) is 24.7 Å². The van der Waals surface area contributed by atoms with Gasteiger partial charge in [-0.05, 0) is 30.4 Å². The van der Waals surface area contributed by atoms with Crippen LogP contribution >= 0.6 is 0 Å². The summed E-state index contributed by atoms with van der Waals surface area (Å²) in [6, 6.07) is 4.69. The largest absolute Gasteiger partial charge is 0.416 e. The summed E-state index contributed by atoms with van der Waals surface area (Å²) in [6.07, 6.45) is -3.22. The van der Waals surface area contributed by atoms with Crippen molar-refractivity contribution < 1.29 is 26.4 Å². The second kappa shape index (κ2) is 5.79. The van der Waals surface area contributed by atoms with Gasteiger partial charge in [0.2, 0.25) is 0 Å². The van der Waals surface area contributed by atoms with E-state index in [-0.39, 0.29) is 17.4 Å². The molecule has 7 heteroatoms. The fourth-order valence-corrected chi connectivity index (χ4v) is 4.18. The Bertz CT molecular complexity index is 609. The number of sulfone groups is 1. The summed E-state index contributed by atoms with van der Waals surface area (Å²) in [7, 11) is -3.07. The van der Waals surface area contributed by atoms with Gasteiger partial charge in [0.05, 0.1) is 17.1 Å². The summed E-state index contributed by atoms with van der Waals surface area (Å²) in [5, 5.41) is 0. The molecule has 1 fully saturated rings. The van der Waals surface area contributed by atoms with Crippen molar-refractivity contribution >= 4 is 16.1 Å². The first kappa shape index (κ1) is 16.0. The minimum Gasteiger partial charge on any atom is -0.303 e. The van der Waals surface area contributed by atoms with Crippen LogP contribution in [0.2, 0.25) is 0 Å². The van der Waals surface area contributed by atoms with E-state index < -0.39 is 27.5 Å². The van der Waals surface area contributed by atoms with Crippen molar-refractivity contribution in [1.29, 1.82) is 0 Å². The first-order valence-electron chi connectivity index (χ1n) is 6.56. The molecule has 1 atom stereocenters. The first-order chi connectivity index (χ1) is 9.73. The van der Waals surface area contributed by atoms with Crippen molar-refractivity contribution in [1.82, 2.24) is 0 Å². The van der Waals surface area contributed by atoms with Gasteiger partial charge in [-0.25, -0.2) is 8.42 Å². The van der Waals surface area contributed by atoms with Gasteiger partial charge >= 0.3 is 6.18 Å². The van der Waals surface area contributed by atoms with Crippen LogP contribution in [0.25, 0.3) is 0 Å². The number of benzene rings is 1. The summed E-state index contributed by atoms with van der Waals surface area (Å²) in [4.78, 5) is 11.3. The Morgan fingerprint density at radius 2 is 1.81 bits per heavy atom. The van der Waals surface area contributed by atoms with Crippen LogP contribution in [0, 0.1) is 5.92 Å². The second-order valence-electron chi connectivity index (χ2n) is 5.27. The maximum atomic E-state index is 12.7. The van der Waals surface area contributed by atoms with E-state index >= 15 is 0 Å². The third kappa shape index (κ3) is 3.84. The van der Waals surface area contributed by atoms with Crippen molar-refractivity contribution in [3.63, 3.8) is 0 Å². The van der Waals surface area contributed by atoms with E-state index in [0.717, 1.165) is 12.1 Å². The lowest BCUT2D eigenvalue weighted by molar-refractivity contribution is -0.137. The van der Waals surface area contributed by atoms with Crippen molar-refractivity contribution in [3.05, 3.63) is 35.4 Å². The quantitative estimate of drug-likeness (QED) is 0.805. The van der Waals surface area contributed by atoms with Gasteiger partial charge in [0.1, 0.15) is 16.1 Å². The normalized spacial score (nSPS) is 20.9. The van der Waals surface area contributed by atoms with Gasteiger partial charge in [0.15, 0.2) is 0 Å². The van der Waals surface area contributed by atoms with E-state index in [2.05, 4.69) is 0 Å². The van der Waals surface area contributed by atoms with Gasteiger partial charge in [-0.15, -0.1) is 0 Å². The zero-order valence-corrected chi connectivity index (χ0v) is 12.0. The monoisotopic (exact) mass is 320 g/mol. The lowest BCUT2D eigenvalue weighted by Crippen LogP contribution is -2.28. The Labute approximate surface area is 121 Å². The van der Waals surface area contributed by atoms with Gasteiger partial charge < -0.3 is 4.79 Å². The Hall–Kier alpha value is -1.37. The maximum Gasteiger partial charge on any atom is 0.416 e. The molecule has 1 aliphatic heterocycles. The fraction of sp³-hybridized carbons (Fsp3) is 0.500. The van der Waals surface area contributed by atoms with Crippen molar-refractivity contribution in [2.24, 2.45) is 5.92 Å². The maximum absolute atomic E-state index is 12.7. The number of hydrogen-bond donors (Lipinski definition) is 0. The molecule has 116 valence electrons. The Morgan fingerprint density at radius 1 is 1.19 bits per heavy atom. The molecule has 1 aromatic carbocycles. The fourth-order valence-electron chi connectivity index (χ4n) is 2.65. The molecule has 0 aromatic heterocycles. The third-order valence-electron chi connectivity index (χ3n) is 3.85. The van der Waals surface area contributed by atoms with E-state index in [1.54, 1.807) is 0 Å². The van der Waals surface area contributed by atoms with E-state index in [9.17, 15) is 26.4 Å². The minimum absolute atomic E-state index is 0.0129. The molecule has 1 saturated heterocycles. The van der Waals surface area contributed by atoms with Crippen LogP contribution in [-0.2, 0) is 20.8 Å². The highest BCUT2D eigenvalue weighted by Crippen LogP contribution is 2.35. The van der Waals surface area contributed by atoms with Gasteiger partial charge in [-0.1, -0.05) is 18.2 Å². The van der Waals surface area contributed by atoms with Crippen LogP contribution in [0.3, 0.4) is 0 Å². The molecule has 21 heavy (non-hydrogen) atoms. The van der Waals surface area contributed by atoms with Crippen LogP contribution in [0.4, 0.5) is 13.2 Å². The number of carbonyl (C=O) groups excluding carboxylic acids is 1. The highest BCUT2D eigenvalue weighted by atomic mass is 32.2. The zero-order valence-electron chi connectivity index (χ0n) is 11.1. The number of halogens is 3. The lowest BCUT2D eigenvalue weighted by Gasteiger charge is -2.27. The Kier molecular flexibility index (Phi) is 4.41. The number of carbonyl (C=O) groups is 1. The standard InChI is InChI=1S/C14H15F3O3S/c15-14(16,17)12-3-1-2-11(8-12)13(9-18)10-4-6-21(19,20)7-5-10/h1-3,8-10,13H,4-7H2. The minimum atomic E-state index is -4.46. The zero-order chi connectivity index (χ0) is 15.7. The summed E-state index contributed by atoms with van der Waals surface area (Å²) in [5.74, 6) is -0.945. The van der Waals surface area contributed by atoms with Crippen LogP contribution in [0.5, 0.6) is 0 Å². The summed E-state index contributed by atoms with van der Waals surface area (Å²) in [5.41, 5.74) is -0.501. The van der Waals surface area contributed by atoms with Gasteiger partial charge in [0.25, 0.3) is 0 Å². The molecule has 1 aliphatic rings. The SMILES string of the molecule is O=CC(c1cccc(C(F)(F)F)c1)C1CCS(=O)(=O)CC1. The molecular formula is C14H15F3O3S. The van der Waals surface area contributed by atoms with Crippen molar-refractivity contribution in [3.8, 4) is 0 Å². The molecule has 1 heterocycles. The van der Waals surface area contributed by atoms with Crippen molar-refractivity contribution in [2.75, 3.05) is 11.5 Å². The number of hydrogen-bond acceptors (Lipinski definition) is 3. The number of rotatable bonds is 3. The molecule has 1 unspecified atom stereocenters.